The van der Waals surface area contributed by atoms with Gasteiger partial charge >= 0.3 is 7.41 Å². The highest BCUT2D eigenvalue weighted by Crippen LogP contribution is 2.24. The number of rotatable bonds is 5. The number of aliphatic hydroxyl groups is 1. The van der Waals surface area contributed by atoms with Crippen molar-refractivity contribution in [3.63, 3.8) is 0 Å². The summed E-state index contributed by atoms with van der Waals surface area (Å²) in [4.78, 5) is 24.1. The highest BCUT2D eigenvalue weighted by Gasteiger charge is 2.37. The summed E-state index contributed by atoms with van der Waals surface area (Å²) in [6, 6.07) is 18.2. The summed E-state index contributed by atoms with van der Waals surface area (Å²) < 4.78 is 0. The largest absolute Gasteiger partial charge is 0.383 e. The first kappa shape index (κ1) is 15.5. The maximum absolute atomic E-state index is 11.9. The molecule has 1 heterocycles. The van der Waals surface area contributed by atoms with Crippen LogP contribution in [0.3, 0.4) is 0 Å². The van der Waals surface area contributed by atoms with Gasteiger partial charge in [-0.2, -0.15) is 0 Å². The lowest BCUT2D eigenvalue weighted by molar-refractivity contribution is -0.131. The van der Waals surface area contributed by atoms with Gasteiger partial charge in [0.2, 0.25) is 5.91 Å². The Morgan fingerprint density at radius 3 is 2.39 bits per heavy atom. The van der Waals surface area contributed by atoms with Gasteiger partial charge in [0.15, 0.2) is 0 Å². The summed E-state index contributed by atoms with van der Waals surface area (Å²) in [5.41, 5.74) is 3.39. The summed E-state index contributed by atoms with van der Waals surface area (Å²) in [6.45, 7) is 0. The van der Waals surface area contributed by atoms with Crippen molar-refractivity contribution >= 4 is 19.5 Å². The van der Waals surface area contributed by atoms with Crippen molar-refractivity contribution in [1.82, 2.24) is 4.81 Å². The van der Waals surface area contributed by atoms with Crippen LogP contribution in [0.1, 0.15) is 12.0 Å². The van der Waals surface area contributed by atoms with Gasteiger partial charge in [-0.25, -0.2) is 0 Å². The van der Waals surface area contributed by atoms with Crippen LogP contribution in [0.5, 0.6) is 0 Å². The second kappa shape index (κ2) is 6.79. The molecular weight excluding hydrogens is 289 g/mol. The van der Waals surface area contributed by atoms with Gasteiger partial charge in [-0.05, 0) is 23.1 Å². The third-order valence-electron chi connectivity index (χ3n) is 4.31. The number of carbonyl (C=O) groups excluding carboxylic acids is 2. The molecule has 0 saturated carbocycles. The number of aliphatic hydroxyl groups excluding tert-OH is 1. The molecule has 1 fully saturated rings. The molecule has 0 aromatic heterocycles. The van der Waals surface area contributed by atoms with E-state index in [4.69, 9.17) is 0 Å². The van der Waals surface area contributed by atoms with Gasteiger partial charge in [0.05, 0.1) is 0 Å². The van der Waals surface area contributed by atoms with Crippen LogP contribution in [-0.2, 0) is 16.0 Å². The van der Waals surface area contributed by atoms with Crippen LogP contribution < -0.4 is 0 Å². The summed E-state index contributed by atoms with van der Waals surface area (Å²) in [5.74, 6) is -0.344. The van der Waals surface area contributed by atoms with E-state index in [1.165, 1.54) is 4.81 Å². The molecule has 0 bridgehead atoms. The molecule has 5 heteroatoms. The van der Waals surface area contributed by atoms with E-state index in [1.54, 1.807) is 0 Å². The molecule has 3 rings (SSSR count). The van der Waals surface area contributed by atoms with Gasteiger partial charge in [-0.1, -0.05) is 54.6 Å². The third kappa shape index (κ3) is 3.35. The third-order valence-corrected chi connectivity index (χ3v) is 4.31. The molecule has 1 N–H and O–H groups in total. The van der Waals surface area contributed by atoms with Gasteiger partial charge in [0, 0.05) is 12.5 Å². The molecule has 1 amide bonds. The predicted octanol–water partition coefficient (Wildman–Crippen LogP) is 1.40. The SMILES string of the molecule is O=CBN1C(=O)C(O)C[C@H]1Cc1ccc(-c2ccccc2)cc1. The summed E-state index contributed by atoms with van der Waals surface area (Å²) in [7, 11) is 0.0443. The Labute approximate surface area is 136 Å². The highest BCUT2D eigenvalue weighted by molar-refractivity contribution is 6.66. The molecule has 2 aromatic carbocycles. The van der Waals surface area contributed by atoms with E-state index in [2.05, 4.69) is 24.3 Å². The molecule has 1 saturated heterocycles. The zero-order chi connectivity index (χ0) is 16.2. The Morgan fingerprint density at radius 2 is 1.74 bits per heavy atom. The van der Waals surface area contributed by atoms with Crippen molar-refractivity contribution in [3.05, 3.63) is 60.2 Å². The standard InChI is InChI=1S/C18H18BNO3/c21-12-19-20-16(11-17(22)18(20)23)10-13-6-8-15(9-7-13)14-4-2-1-3-5-14/h1-9,12,16-17,19,22H,10-11H2/t16-,17?/m1/s1. The first-order valence-electron chi connectivity index (χ1n) is 7.75. The Bertz CT molecular complexity index is 687. The number of benzene rings is 2. The van der Waals surface area contributed by atoms with Crippen LogP contribution in [0.4, 0.5) is 0 Å². The molecule has 0 radical (unpaired) electrons. The van der Waals surface area contributed by atoms with Crippen LogP contribution in [0.15, 0.2) is 54.6 Å². The van der Waals surface area contributed by atoms with Gasteiger partial charge < -0.3 is 14.7 Å². The highest BCUT2D eigenvalue weighted by atomic mass is 16.3. The number of amides is 1. The van der Waals surface area contributed by atoms with E-state index in [0.29, 0.717) is 19.0 Å². The molecule has 2 aromatic rings. The van der Waals surface area contributed by atoms with Crippen molar-refractivity contribution in [2.45, 2.75) is 25.0 Å². The molecule has 0 aliphatic carbocycles. The van der Waals surface area contributed by atoms with Crippen LogP contribution >= 0.6 is 0 Å². The van der Waals surface area contributed by atoms with Gasteiger partial charge in [0.25, 0.3) is 0 Å². The van der Waals surface area contributed by atoms with Crippen LogP contribution in [0.2, 0.25) is 0 Å². The van der Waals surface area contributed by atoms with Crippen LogP contribution in [0, 0.1) is 0 Å². The number of hydrogen-bond acceptors (Lipinski definition) is 3. The Balaban J connectivity index is 1.73. The lowest BCUT2D eigenvalue weighted by Crippen LogP contribution is -2.39. The maximum Gasteiger partial charge on any atom is 0.313 e. The molecule has 0 spiro atoms. The van der Waals surface area contributed by atoms with E-state index in [-0.39, 0.29) is 19.4 Å². The molecule has 1 aliphatic rings. The second-order valence-corrected chi connectivity index (χ2v) is 5.83. The molecule has 4 nitrogen and oxygen atoms in total. The minimum atomic E-state index is -0.983. The van der Waals surface area contributed by atoms with Crippen molar-refractivity contribution in [2.24, 2.45) is 0 Å². The predicted molar refractivity (Wildman–Crippen MR) is 90.7 cm³/mol. The monoisotopic (exact) mass is 307 g/mol. The quantitative estimate of drug-likeness (QED) is 0.671. The lowest BCUT2D eigenvalue weighted by atomic mass is 9.91. The van der Waals surface area contributed by atoms with E-state index >= 15 is 0 Å². The average Bonchev–Trinajstić information content (AvgIpc) is 2.84. The molecule has 1 aliphatic heterocycles. The number of nitrogens with zero attached hydrogens (tertiary/aromatic N) is 1. The minimum absolute atomic E-state index is 0.0443. The molecule has 23 heavy (non-hydrogen) atoms. The summed E-state index contributed by atoms with van der Waals surface area (Å²) >= 11 is 0. The smallest absolute Gasteiger partial charge is 0.313 e. The first-order chi connectivity index (χ1) is 11.2. The topological polar surface area (TPSA) is 57.6 Å². The molecule has 116 valence electrons. The van der Waals surface area contributed by atoms with E-state index in [9.17, 15) is 14.7 Å². The fourth-order valence-electron chi connectivity index (χ4n) is 3.11. The Morgan fingerprint density at radius 1 is 1.09 bits per heavy atom. The second-order valence-electron chi connectivity index (χ2n) is 5.83. The first-order valence-corrected chi connectivity index (χ1v) is 7.75. The molecular formula is C18H18BNO3. The fraction of sp³-hybridized carbons (Fsp3) is 0.222. The summed E-state index contributed by atoms with van der Waals surface area (Å²) in [6.07, 6.45) is 0.754. The number of hydrogen-bond donors (Lipinski definition) is 1. The van der Waals surface area contributed by atoms with E-state index in [0.717, 1.165) is 16.7 Å². The molecule has 1 unspecified atom stereocenters. The van der Waals surface area contributed by atoms with E-state index in [1.807, 2.05) is 30.3 Å². The van der Waals surface area contributed by atoms with Crippen molar-refractivity contribution in [1.29, 1.82) is 0 Å². The van der Waals surface area contributed by atoms with Crippen molar-refractivity contribution in [2.75, 3.05) is 0 Å². The Kier molecular flexibility index (Phi) is 4.58. The van der Waals surface area contributed by atoms with Gasteiger partial charge in [0.1, 0.15) is 12.3 Å². The maximum atomic E-state index is 11.9. The van der Waals surface area contributed by atoms with Crippen LogP contribution in [0.25, 0.3) is 11.1 Å². The van der Waals surface area contributed by atoms with Crippen molar-refractivity contribution < 1.29 is 14.7 Å². The van der Waals surface area contributed by atoms with Crippen molar-refractivity contribution in [3.8, 4) is 11.1 Å². The van der Waals surface area contributed by atoms with Gasteiger partial charge in [-0.3, -0.25) is 4.79 Å². The average molecular weight is 307 g/mol. The summed E-state index contributed by atoms with van der Waals surface area (Å²) in [5, 5.41) is 9.73. The minimum Gasteiger partial charge on any atom is -0.383 e. The van der Waals surface area contributed by atoms with Gasteiger partial charge in [-0.15, -0.1) is 0 Å². The molecule has 2 atom stereocenters. The zero-order valence-electron chi connectivity index (χ0n) is 12.8. The van der Waals surface area contributed by atoms with Crippen LogP contribution in [-0.4, -0.2) is 41.6 Å². The Hall–Kier alpha value is -2.40. The lowest BCUT2D eigenvalue weighted by Gasteiger charge is -2.22. The normalized spacial score (nSPS) is 20.6. The van der Waals surface area contributed by atoms with E-state index < -0.39 is 6.10 Å². The number of carbonyl (C=O) groups is 2. The zero-order valence-corrected chi connectivity index (χ0v) is 12.8. The fourth-order valence-corrected chi connectivity index (χ4v) is 3.11.